The molecular formula is C11H12BrN5S. The van der Waals surface area contributed by atoms with Crippen molar-refractivity contribution < 1.29 is 0 Å². The van der Waals surface area contributed by atoms with Gasteiger partial charge in [-0.05, 0) is 39.8 Å². The van der Waals surface area contributed by atoms with Gasteiger partial charge in [0.1, 0.15) is 21.7 Å². The Labute approximate surface area is 118 Å². The van der Waals surface area contributed by atoms with Crippen molar-refractivity contribution in [2.45, 2.75) is 23.4 Å². The van der Waals surface area contributed by atoms with Crippen LogP contribution in [0.5, 0.6) is 0 Å². The van der Waals surface area contributed by atoms with E-state index in [0.29, 0.717) is 5.82 Å². The monoisotopic (exact) mass is 325 g/mol. The van der Waals surface area contributed by atoms with Crippen LogP contribution in [-0.2, 0) is 6.42 Å². The molecule has 94 valence electrons. The van der Waals surface area contributed by atoms with Crippen LogP contribution in [0, 0.1) is 0 Å². The van der Waals surface area contributed by atoms with E-state index in [9.17, 15) is 0 Å². The van der Waals surface area contributed by atoms with Crippen molar-refractivity contribution in [2.24, 2.45) is 5.84 Å². The summed E-state index contributed by atoms with van der Waals surface area (Å²) in [5.74, 6) is 6.75. The van der Waals surface area contributed by atoms with E-state index in [2.05, 4.69) is 36.3 Å². The molecule has 2 heterocycles. The summed E-state index contributed by atoms with van der Waals surface area (Å²) in [5, 5.41) is 1.68. The Hall–Kier alpha value is -1.18. The molecule has 2 rings (SSSR count). The molecule has 0 saturated heterocycles. The molecule has 2 aromatic heterocycles. The fraction of sp³-hybridized carbons (Fsp3) is 0.182. The molecule has 0 unspecified atom stereocenters. The fourth-order valence-corrected chi connectivity index (χ4v) is 2.60. The third kappa shape index (κ3) is 3.18. The number of anilines is 1. The van der Waals surface area contributed by atoms with Gasteiger partial charge < -0.3 is 5.43 Å². The molecule has 3 N–H and O–H groups in total. The van der Waals surface area contributed by atoms with Gasteiger partial charge in [-0.1, -0.05) is 6.92 Å². The maximum absolute atomic E-state index is 5.39. The maximum atomic E-state index is 5.39. The third-order valence-electron chi connectivity index (χ3n) is 2.14. The second-order valence-electron chi connectivity index (χ2n) is 3.40. The highest BCUT2D eigenvalue weighted by Gasteiger charge is 2.07. The van der Waals surface area contributed by atoms with E-state index in [1.54, 1.807) is 12.3 Å². The van der Waals surface area contributed by atoms with E-state index in [1.165, 1.54) is 11.8 Å². The number of hydrazine groups is 1. The number of aryl methyl sites for hydroxylation is 1. The Morgan fingerprint density at radius 3 is 2.94 bits per heavy atom. The standard InChI is InChI=1S/C11H12BrN5S/c1-2-8-15-9(17-13)6-10(16-8)18-11-7(12)4-3-5-14-11/h3-6H,2,13H2,1H3,(H,15,16,17). The van der Waals surface area contributed by atoms with Crippen LogP contribution in [0.15, 0.2) is 38.9 Å². The van der Waals surface area contributed by atoms with Crippen LogP contribution in [0.2, 0.25) is 0 Å². The van der Waals surface area contributed by atoms with Crippen LogP contribution in [0.4, 0.5) is 5.82 Å². The molecule has 0 aliphatic rings. The molecule has 0 aliphatic carbocycles. The molecule has 0 saturated carbocycles. The summed E-state index contributed by atoms with van der Waals surface area (Å²) >= 11 is 4.93. The van der Waals surface area contributed by atoms with Gasteiger partial charge >= 0.3 is 0 Å². The first-order chi connectivity index (χ1) is 8.72. The summed E-state index contributed by atoms with van der Waals surface area (Å²) in [4.78, 5) is 13.0. The quantitative estimate of drug-likeness (QED) is 0.511. The number of nitrogens with two attached hydrogens (primary N) is 1. The molecule has 0 fully saturated rings. The summed E-state index contributed by atoms with van der Waals surface area (Å²) < 4.78 is 0.939. The lowest BCUT2D eigenvalue weighted by atomic mass is 10.4. The highest BCUT2D eigenvalue weighted by atomic mass is 79.9. The van der Waals surface area contributed by atoms with Gasteiger partial charge in [-0.25, -0.2) is 20.8 Å². The zero-order valence-corrected chi connectivity index (χ0v) is 12.1. The normalized spacial score (nSPS) is 10.4. The van der Waals surface area contributed by atoms with Crippen molar-refractivity contribution in [1.82, 2.24) is 15.0 Å². The minimum Gasteiger partial charge on any atom is -0.308 e. The highest BCUT2D eigenvalue weighted by molar-refractivity contribution is 9.10. The molecule has 0 atom stereocenters. The van der Waals surface area contributed by atoms with Gasteiger partial charge in [-0.15, -0.1) is 0 Å². The van der Waals surface area contributed by atoms with Crippen molar-refractivity contribution in [3.05, 3.63) is 34.7 Å². The lowest BCUT2D eigenvalue weighted by molar-refractivity contribution is 0.887. The van der Waals surface area contributed by atoms with Gasteiger partial charge in [0.2, 0.25) is 0 Å². The number of pyridine rings is 1. The Bertz CT molecular complexity index is 526. The zero-order chi connectivity index (χ0) is 13.0. The fourth-order valence-electron chi connectivity index (χ4n) is 1.30. The Morgan fingerprint density at radius 1 is 1.44 bits per heavy atom. The Kier molecular flexibility index (Phi) is 4.51. The first-order valence-corrected chi connectivity index (χ1v) is 6.96. The zero-order valence-electron chi connectivity index (χ0n) is 9.72. The third-order valence-corrected chi connectivity index (χ3v) is 3.98. The van der Waals surface area contributed by atoms with Crippen LogP contribution in [-0.4, -0.2) is 15.0 Å². The summed E-state index contributed by atoms with van der Waals surface area (Å²) in [6, 6.07) is 5.61. The molecule has 0 amide bonds. The average Bonchev–Trinajstić information content (AvgIpc) is 2.41. The lowest BCUT2D eigenvalue weighted by Gasteiger charge is -2.06. The molecule has 0 spiro atoms. The van der Waals surface area contributed by atoms with Crippen LogP contribution in [0.3, 0.4) is 0 Å². The topological polar surface area (TPSA) is 76.7 Å². The molecule has 18 heavy (non-hydrogen) atoms. The number of nitrogens with one attached hydrogen (secondary N) is 1. The van der Waals surface area contributed by atoms with Gasteiger partial charge in [0.25, 0.3) is 0 Å². The van der Waals surface area contributed by atoms with Crippen molar-refractivity contribution in [3.8, 4) is 0 Å². The van der Waals surface area contributed by atoms with Gasteiger partial charge in [-0.2, -0.15) is 0 Å². The first-order valence-electron chi connectivity index (χ1n) is 5.36. The number of rotatable bonds is 4. The number of hydrogen-bond donors (Lipinski definition) is 2. The Morgan fingerprint density at radius 2 is 2.28 bits per heavy atom. The maximum Gasteiger partial charge on any atom is 0.144 e. The van der Waals surface area contributed by atoms with Crippen molar-refractivity contribution in [1.29, 1.82) is 0 Å². The average molecular weight is 326 g/mol. The minimum atomic E-state index is 0.608. The van der Waals surface area contributed by atoms with Gasteiger partial charge in [0.15, 0.2) is 0 Å². The predicted octanol–water partition coefficient (Wildman–Crippen LogP) is 2.63. The number of halogens is 1. The minimum absolute atomic E-state index is 0.608. The largest absolute Gasteiger partial charge is 0.308 e. The number of hydrogen-bond acceptors (Lipinski definition) is 6. The van der Waals surface area contributed by atoms with Crippen molar-refractivity contribution in [2.75, 3.05) is 5.43 Å². The predicted molar refractivity (Wildman–Crippen MR) is 75.3 cm³/mol. The van der Waals surface area contributed by atoms with E-state index in [0.717, 1.165) is 26.8 Å². The smallest absolute Gasteiger partial charge is 0.144 e. The van der Waals surface area contributed by atoms with Crippen molar-refractivity contribution >= 4 is 33.5 Å². The number of nitrogens with zero attached hydrogens (tertiary/aromatic N) is 3. The second kappa shape index (κ2) is 6.12. The molecule has 7 heteroatoms. The molecule has 0 radical (unpaired) electrons. The van der Waals surface area contributed by atoms with Gasteiger partial charge in [0.05, 0.1) is 4.47 Å². The number of aromatic nitrogens is 3. The molecule has 0 aromatic carbocycles. The molecule has 2 aromatic rings. The summed E-state index contributed by atoms with van der Waals surface area (Å²) in [6.45, 7) is 2.00. The van der Waals surface area contributed by atoms with E-state index in [-0.39, 0.29) is 0 Å². The second-order valence-corrected chi connectivity index (χ2v) is 5.26. The van der Waals surface area contributed by atoms with Crippen LogP contribution in [0.25, 0.3) is 0 Å². The summed E-state index contributed by atoms with van der Waals surface area (Å²) in [6.07, 6.45) is 2.50. The SMILES string of the molecule is CCc1nc(NN)cc(Sc2ncccc2Br)n1. The molecule has 5 nitrogen and oxygen atoms in total. The molecule has 0 bridgehead atoms. The summed E-state index contributed by atoms with van der Waals surface area (Å²) in [7, 11) is 0. The molecular weight excluding hydrogens is 314 g/mol. The first kappa shape index (κ1) is 13.3. The molecule has 0 aliphatic heterocycles. The number of nitrogen functional groups attached to an aromatic ring is 1. The Balaban J connectivity index is 2.31. The van der Waals surface area contributed by atoms with Gasteiger partial charge in [0, 0.05) is 18.7 Å². The van der Waals surface area contributed by atoms with E-state index in [4.69, 9.17) is 5.84 Å². The van der Waals surface area contributed by atoms with Crippen LogP contribution in [0.1, 0.15) is 12.7 Å². The van der Waals surface area contributed by atoms with Gasteiger partial charge in [-0.3, -0.25) is 0 Å². The van der Waals surface area contributed by atoms with E-state index < -0.39 is 0 Å². The van der Waals surface area contributed by atoms with Crippen LogP contribution < -0.4 is 11.3 Å². The summed E-state index contributed by atoms with van der Waals surface area (Å²) in [5.41, 5.74) is 2.55. The van der Waals surface area contributed by atoms with Crippen molar-refractivity contribution in [3.63, 3.8) is 0 Å². The van der Waals surface area contributed by atoms with E-state index >= 15 is 0 Å². The van der Waals surface area contributed by atoms with E-state index in [1.807, 2.05) is 19.1 Å². The van der Waals surface area contributed by atoms with Crippen LogP contribution >= 0.6 is 27.7 Å². The highest BCUT2D eigenvalue weighted by Crippen LogP contribution is 2.31. The lowest BCUT2D eigenvalue weighted by Crippen LogP contribution is -2.10.